The lowest BCUT2D eigenvalue weighted by Gasteiger charge is -2.18. The third kappa shape index (κ3) is 4.45. The van der Waals surface area contributed by atoms with Gasteiger partial charge in [0.2, 0.25) is 0 Å². The molecule has 0 spiro atoms. The van der Waals surface area contributed by atoms with E-state index in [2.05, 4.69) is 0 Å². The standard InChI is InChI=1S/C22H19F3O3S/c1-14-7-9-17(10-8-14)19-5-4-6-20(18-12-15(2)11-16(3)13-18)21(19)28-29(26,27)22(23,24)25/h4-13H,1-3H3. The lowest BCUT2D eigenvalue weighted by atomic mass is 9.95. The number of rotatable bonds is 4. The Morgan fingerprint density at radius 1 is 0.724 bits per heavy atom. The summed E-state index contributed by atoms with van der Waals surface area (Å²) in [4.78, 5) is 0. The first-order valence-corrected chi connectivity index (χ1v) is 10.2. The molecule has 0 heterocycles. The Labute approximate surface area is 167 Å². The predicted octanol–water partition coefficient (Wildman–Crippen LogP) is 6.17. The molecule has 152 valence electrons. The Kier molecular flexibility index (Phi) is 5.45. The number of benzene rings is 3. The van der Waals surface area contributed by atoms with Gasteiger partial charge in [-0.05, 0) is 31.9 Å². The molecule has 0 N–H and O–H groups in total. The second kappa shape index (κ2) is 7.55. The molecule has 0 aliphatic rings. The summed E-state index contributed by atoms with van der Waals surface area (Å²) < 4.78 is 67.5. The summed E-state index contributed by atoms with van der Waals surface area (Å²) >= 11 is 0. The van der Waals surface area contributed by atoms with Crippen LogP contribution in [0.4, 0.5) is 13.2 Å². The zero-order chi connectivity index (χ0) is 21.4. The highest BCUT2D eigenvalue weighted by Crippen LogP contribution is 2.42. The molecule has 0 aliphatic carbocycles. The highest BCUT2D eigenvalue weighted by atomic mass is 32.2. The van der Waals surface area contributed by atoms with Crippen molar-refractivity contribution in [2.45, 2.75) is 26.3 Å². The lowest BCUT2D eigenvalue weighted by Crippen LogP contribution is -2.28. The number of halogens is 3. The summed E-state index contributed by atoms with van der Waals surface area (Å²) in [7, 11) is -5.84. The number of hydrogen-bond donors (Lipinski definition) is 0. The fourth-order valence-corrected chi connectivity index (χ4v) is 3.60. The zero-order valence-electron chi connectivity index (χ0n) is 16.0. The SMILES string of the molecule is Cc1ccc(-c2cccc(-c3cc(C)cc(C)c3)c2OS(=O)(=O)C(F)(F)F)cc1. The van der Waals surface area contributed by atoms with E-state index in [0.717, 1.165) is 16.7 Å². The molecule has 3 rings (SSSR count). The number of alkyl halides is 3. The molecule has 3 aromatic rings. The van der Waals surface area contributed by atoms with Crippen molar-refractivity contribution < 1.29 is 25.8 Å². The first-order valence-electron chi connectivity index (χ1n) is 8.77. The normalized spacial score (nSPS) is 12.1. The predicted molar refractivity (Wildman–Crippen MR) is 107 cm³/mol. The fourth-order valence-electron chi connectivity index (χ4n) is 3.10. The van der Waals surface area contributed by atoms with Crippen molar-refractivity contribution in [2.24, 2.45) is 0 Å². The van der Waals surface area contributed by atoms with Gasteiger partial charge in [0.15, 0.2) is 5.75 Å². The van der Waals surface area contributed by atoms with Crippen molar-refractivity contribution in [3.05, 3.63) is 77.4 Å². The van der Waals surface area contributed by atoms with Crippen molar-refractivity contribution in [2.75, 3.05) is 0 Å². The summed E-state index contributed by atoms with van der Waals surface area (Å²) in [5.41, 5.74) is -1.14. The number of para-hydroxylation sites is 1. The van der Waals surface area contributed by atoms with E-state index in [1.807, 2.05) is 26.8 Å². The van der Waals surface area contributed by atoms with Gasteiger partial charge in [-0.15, -0.1) is 0 Å². The molecule has 0 aromatic heterocycles. The second-order valence-corrected chi connectivity index (χ2v) is 8.45. The first kappa shape index (κ1) is 20.9. The molecule has 7 heteroatoms. The Hall–Kier alpha value is -2.80. The molecule has 0 amide bonds. The molecule has 0 radical (unpaired) electrons. The largest absolute Gasteiger partial charge is 0.534 e. The monoisotopic (exact) mass is 420 g/mol. The maximum Gasteiger partial charge on any atom is 0.534 e. The minimum absolute atomic E-state index is 0.259. The van der Waals surface area contributed by atoms with Crippen molar-refractivity contribution in [1.29, 1.82) is 0 Å². The van der Waals surface area contributed by atoms with Gasteiger partial charge in [0.05, 0.1) is 0 Å². The Balaban J connectivity index is 2.29. The van der Waals surface area contributed by atoms with Gasteiger partial charge in [-0.25, -0.2) is 0 Å². The molecular formula is C22H19F3O3S. The summed E-state index contributed by atoms with van der Waals surface area (Å²) in [5, 5.41) is 0. The Bertz CT molecular complexity index is 1130. The Morgan fingerprint density at radius 3 is 1.76 bits per heavy atom. The van der Waals surface area contributed by atoms with E-state index in [-0.39, 0.29) is 16.9 Å². The quantitative estimate of drug-likeness (QED) is 0.374. The van der Waals surface area contributed by atoms with Crippen molar-refractivity contribution in [3.8, 4) is 28.0 Å². The average Bonchev–Trinajstić information content (AvgIpc) is 2.60. The summed E-state index contributed by atoms with van der Waals surface area (Å²) in [6, 6.07) is 17.2. The van der Waals surface area contributed by atoms with Crippen LogP contribution in [0.1, 0.15) is 16.7 Å². The molecule has 3 aromatic carbocycles. The van der Waals surface area contributed by atoms with Crippen LogP contribution in [0.2, 0.25) is 0 Å². The molecule has 0 saturated heterocycles. The van der Waals surface area contributed by atoms with Crippen LogP contribution in [0.15, 0.2) is 60.7 Å². The van der Waals surface area contributed by atoms with E-state index < -0.39 is 15.6 Å². The average molecular weight is 420 g/mol. The Morgan fingerprint density at radius 2 is 1.24 bits per heavy atom. The fraction of sp³-hybridized carbons (Fsp3) is 0.182. The zero-order valence-corrected chi connectivity index (χ0v) is 16.9. The third-order valence-electron chi connectivity index (χ3n) is 4.39. The van der Waals surface area contributed by atoms with Gasteiger partial charge in [-0.2, -0.15) is 21.6 Å². The van der Waals surface area contributed by atoms with Crippen LogP contribution in [0, 0.1) is 20.8 Å². The van der Waals surface area contributed by atoms with Crippen LogP contribution in [-0.4, -0.2) is 13.9 Å². The van der Waals surface area contributed by atoms with Crippen LogP contribution in [0.3, 0.4) is 0 Å². The van der Waals surface area contributed by atoms with Gasteiger partial charge in [-0.3, -0.25) is 0 Å². The van der Waals surface area contributed by atoms with E-state index >= 15 is 0 Å². The van der Waals surface area contributed by atoms with E-state index in [1.54, 1.807) is 48.5 Å². The van der Waals surface area contributed by atoms with Crippen molar-refractivity contribution >= 4 is 10.1 Å². The van der Waals surface area contributed by atoms with Gasteiger partial charge < -0.3 is 4.18 Å². The van der Waals surface area contributed by atoms with Gasteiger partial charge in [0, 0.05) is 11.1 Å². The molecule has 0 bridgehead atoms. The summed E-state index contributed by atoms with van der Waals surface area (Å²) in [6.45, 7) is 5.59. The minimum Gasteiger partial charge on any atom is -0.375 e. The smallest absolute Gasteiger partial charge is 0.375 e. The maximum atomic E-state index is 13.1. The topological polar surface area (TPSA) is 43.4 Å². The highest BCUT2D eigenvalue weighted by Gasteiger charge is 2.49. The summed E-state index contributed by atoms with van der Waals surface area (Å²) in [6.07, 6.45) is 0. The molecule has 0 unspecified atom stereocenters. The number of hydrogen-bond acceptors (Lipinski definition) is 3. The first-order chi connectivity index (χ1) is 13.5. The van der Waals surface area contributed by atoms with E-state index in [0.29, 0.717) is 11.1 Å². The van der Waals surface area contributed by atoms with E-state index in [9.17, 15) is 21.6 Å². The van der Waals surface area contributed by atoms with Gasteiger partial charge in [0.1, 0.15) is 0 Å². The third-order valence-corrected chi connectivity index (χ3v) is 5.34. The van der Waals surface area contributed by atoms with Crippen LogP contribution in [0.5, 0.6) is 5.75 Å². The molecule has 3 nitrogen and oxygen atoms in total. The van der Waals surface area contributed by atoms with Crippen molar-refractivity contribution in [1.82, 2.24) is 0 Å². The molecule has 0 atom stereocenters. The molecular weight excluding hydrogens is 401 g/mol. The molecule has 0 aliphatic heterocycles. The van der Waals surface area contributed by atoms with Crippen LogP contribution >= 0.6 is 0 Å². The second-order valence-electron chi connectivity index (χ2n) is 6.91. The van der Waals surface area contributed by atoms with Crippen LogP contribution in [-0.2, 0) is 10.1 Å². The van der Waals surface area contributed by atoms with E-state index in [1.165, 1.54) is 6.07 Å². The van der Waals surface area contributed by atoms with Gasteiger partial charge in [-0.1, -0.05) is 77.4 Å². The number of aryl methyl sites for hydroxylation is 3. The van der Waals surface area contributed by atoms with E-state index in [4.69, 9.17) is 4.18 Å². The molecule has 29 heavy (non-hydrogen) atoms. The molecule has 0 fully saturated rings. The maximum absolute atomic E-state index is 13.1. The van der Waals surface area contributed by atoms with Crippen molar-refractivity contribution in [3.63, 3.8) is 0 Å². The van der Waals surface area contributed by atoms with Crippen LogP contribution in [0.25, 0.3) is 22.3 Å². The van der Waals surface area contributed by atoms with Gasteiger partial charge >= 0.3 is 15.6 Å². The lowest BCUT2D eigenvalue weighted by molar-refractivity contribution is -0.0499. The summed E-state index contributed by atoms with van der Waals surface area (Å²) in [5.74, 6) is -0.348. The minimum atomic E-state index is -5.84. The van der Waals surface area contributed by atoms with Crippen LogP contribution < -0.4 is 4.18 Å². The van der Waals surface area contributed by atoms with Gasteiger partial charge in [0.25, 0.3) is 0 Å². The highest BCUT2D eigenvalue weighted by molar-refractivity contribution is 7.88. The molecule has 0 saturated carbocycles.